The van der Waals surface area contributed by atoms with Crippen molar-refractivity contribution in [2.45, 2.75) is 6.61 Å². The maximum absolute atomic E-state index is 12.3. The SMILES string of the molecule is COc1cc(C(=O)N/N=C\c2cc(I)c(OCc3ccc(Cl)cc3)c(I)c2)ccc1I. The number of nitrogens with one attached hydrogen (secondary N) is 1. The number of carbonyl (C=O) groups excluding carboxylic acids is 1. The van der Waals surface area contributed by atoms with E-state index < -0.39 is 0 Å². The van der Waals surface area contributed by atoms with E-state index in [4.69, 9.17) is 21.1 Å². The zero-order valence-electron chi connectivity index (χ0n) is 16.2. The summed E-state index contributed by atoms with van der Waals surface area (Å²) in [6, 6.07) is 16.7. The second kappa shape index (κ2) is 11.7. The Morgan fingerprint density at radius 3 is 2.35 bits per heavy atom. The maximum Gasteiger partial charge on any atom is 0.271 e. The Bertz CT molecular complexity index is 1100. The smallest absolute Gasteiger partial charge is 0.271 e. The summed E-state index contributed by atoms with van der Waals surface area (Å²) in [5.74, 6) is 1.15. The van der Waals surface area contributed by atoms with Crippen LogP contribution < -0.4 is 14.9 Å². The second-order valence-electron chi connectivity index (χ2n) is 6.28. The molecule has 0 unspecified atom stereocenters. The molecule has 0 radical (unpaired) electrons. The molecule has 9 heteroatoms. The molecule has 3 aromatic rings. The van der Waals surface area contributed by atoms with Gasteiger partial charge in [-0.3, -0.25) is 4.79 Å². The highest BCUT2D eigenvalue weighted by Gasteiger charge is 2.10. The molecule has 0 heterocycles. The molecule has 1 amide bonds. The van der Waals surface area contributed by atoms with E-state index in [0.717, 1.165) is 27.6 Å². The first-order chi connectivity index (χ1) is 14.9. The molecule has 0 saturated carbocycles. The first-order valence-corrected chi connectivity index (χ1v) is 12.5. The van der Waals surface area contributed by atoms with Gasteiger partial charge in [0.2, 0.25) is 0 Å². The fourth-order valence-electron chi connectivity index (χ4n) is 2.56. The number of halogens is 4. The monoisotopic (exact) mass is 772 g/mol. The van der Waals surface area contributed by atoms with E-state index in [0.29, 0.717) is 22.9 Å². The van der Waals surface area contributed by atoms with Gasteiger partial charge in [-0.1, -0.05) is 23.7 Å². The lowest BCUT2D eigenvalue weighted by atomic mass is 10.2. The number of rotatable bonds is 7. The van der Waals surface area contributed by atoms with Crippen LogP contribution in [0.2, 0.25) is 5.02 Å². The third kappa shape index (κ3) is 6.93. The van der Waals surface area contributed by atoms with E-state index >= 15 is 0 Å². The summed E-state index contributed by atoms with van der Waals surface area (Å²) < 4.78 is 14.1. The van der Waals surface area contributed by atoms with Crippen LogP contribution in [0, 0.1) is 10.7 Å². The van der Waals surface area contributed by atoms with Gasteiger partial charge in [0, 0.05) is 10.6 Å². The van der Waals surface area contributed by atoms with Crippen LogP contribution in [-0.2, 0) is 6.61 Å². The Morgan fingerprint density at radius 1 is 1.03 bits per heavy atom. The molecule has 0 aliphatic heterocycles. The first-order valence-electron chi connectivity index (χ1n) is 8.90. The van der Waals surface area contributed by atoms with Gasteiger partial charge in [-0.15, -0.1) is 0 Å². The molecule has 31 heavy (non-hydrogen) atoms. The molecule has 0 aromatic heterocycles. The lowest BCUT2D eigenvalue weighted by Gasteiger charge is -2.11. The molecule has 0 atom stereocenters. The summed E-state index contributed by atoms with van der Waals surface area (Å²) in [6.45, 7) is 0.451. The van der Waals surface area contributed by atoms with E-state index in [1.165, 1.54) is 0 Å². The van der Waals surface area contributed by atoms with Gasteiger partial charge in [0.25, 0.3) is 5.91 Å². The summed E-state index contributed by atoms with van der Waals surface area (Å²) in [5, 5.41) is 4.78. The predicted molar refractivity (Wildman–Crippen MR) is 148 cm³/mol. The fraction of sp³-hybridized carbons (Fsp3) is 0.0909. The van der Waals surface area contributed by atoms with E-state index in [-0.39, 0.29) is 5.91 Å². The van der Waals surface area contributed by atoms with Gasteiger partial charge in [0.15, 0.2) is 0 Å². The Morgan fingerprint density at radius 2 is 1.71 bits per heavy atom. The van der Waals surface area contributed by atoms with Crippen molar-refractivity contribution in [3.8, 4) is 11.5 Å². The number of nitrogens with zero attached hydrogens (tertiary/aromatic N) is 1. The Hall–Kier alpha value is -1.12. The molecule has 0 aliphatic rings. The largest absolute Gasteiger partial charge is 0.496 e. The van der Waals surface area contributed by atoms with Gasteiger partial charge in [-0.05, 0) is 121 Å². The zero-order valence-corrected chi connectivity index (χ0v) is 23.4. The molecule has 5 nitrogen and oxygen atoms in total. The van der Waals surface area contributed by atoms with Crippen LogP contribution in [0.1, 0.15) is 21.5 Å². The molecule has 0 spiro atoms. The highest BCUT2D eigenvalue weighted by Crippen LogP contribution is 2.29. The maximum atomic E-state index is 12.3. The highest BCUT2D eigenvalue weighted by atomic mass is 127. The average Bonchev–Trinajstić information content (AvgIpc) is 2.74. The van der Waals surface area contributed by atoms with Crippen LogP contribution in [0.15, 0.2) is 59.7 Å². The molecule has 3 aromatic carbocycles. The van der Waals surface area contributed by atoms with Crippen LogP contribution in [0.4, 0.5) is 0 Å². The Kier molecular flexibility index (Phi) is 9.22. The summed E-state index contributed by atoms with van der Waals surface area (Å²) in [4.78, 5) is 12.3. The van der Waals surface area contributed by atoms with Crippen LogP contribution in [0.5, 0.6) is 11.5 Å². The lowest BCUT2D eigenvalue weighted by molar-refractivity contribution is 0.0954. The van der Waals surface area contributed by atoms with Gasteiger partial charge in [0.05, 0.1) is 24.0 Å². The van der Waals surface area contributed by atoms with Crippen LogP contribution in [0.25, 0.3) is 0 Å². The third-order valence-electron chi connectivity index (χ3n) is 4.11. The summed E-state index contributed by atoms with van der Waals surface area (Å²) in [7, 11) is 1.57. The number of methoxy groups -OCH3 is 1. The Labute approximate surface area is 226 Å². The van der Waals surface area contributed by atoms with Gasteiger partial charge in [-0.25, -0.2) is 5.43 Å². The number of hydrogen-bond acceptors (Lipinski definition) is 4. The van der Waals surface area contributed by atoms with E-state index in [2.05, 4.69) is 78.3 Å². The molecule has 3 rings (SSSR count). The zero-order chi connectivity index (χ0) is 22.4. The fourth-order valence-corrected chi connectivity index (χ4v) is 5.37. The van der Waals surface area contributed by atoms with Gasteiger partial charge < -0.3 is 9.47 Å². The molecule has 0 aliphatic carbocycles. The van der Waals surface area contributed by atoms with Crippen molar-refractivity contribution in [1.82, 2.24) is 5.43 Å². The second-order valence-corrected chi connectivity index (χ2v) is 10.2. The van der Waals surface area contributed by atoms with Crippen LogP contribution in [0.3, 0.4) is 0 Å². The normalized spacial score (nSPS) is 10.9. The number of ether oxygens (including phenoxy) is 2. The number of hydrazone groups is 1. The number of hydrogen-bond donors (Lipinski definition) is 1. The van der Waals surface area contributed by atoms with Crippen molar-refractivity contribution in [2.24, 2.45) is 5.10 Å². The highest BCUT2D eigenvalue weighted by molar-refractivity contribution is 14.1. The first kappa shape index (κ1) is 24.5. The van der Waals surface area contributed by atoms with Crippen molar-refractivity contribution in [3.05, 3.63) is 87.0 Å². The van der Waals surface area contributed by atoms with Crippen LogP contribution >= 0.6 is 79.4 Å². The molecular weight excluding hydrogens is 756 g/mol. The minimum Gasteiger partial charge on any atom is -0.496 e. The summed E-state index contributed by atoms with van der Waals surface area (Å²) in [5.41, 5.74) is 4.92. The molecule has 0 fully saturated rings. The van der Waals surface area contributed by atoms with Crippen molar-refractivity contribution in [3.63, 3.8) is 0 Å². The lowest BCUT2D eigenvalue weighted by Crippen LogP contribution is -2.17. The minimum atomic E-state index is -0.307. The predicted octanol–water partition coefficient (Wildman–Crippen LogP) is 6.51. The van der Waals surface area contributed by atoms with Gasteiger partial charge in [-0.2, -0.15) is 5.10 Å². The van der Waals surface area contributed by atoms with E-state index in [9.17, 15) is 4.79 Å². The molecular formula is C22H16ClI3N2O3. The molecule has 1 N–H and O–H groups in total. The quantitative estimate of drug-likeness (QED) is 0.170. The topological polar surface area (TPSA) is 59.9 Å². The van der Waals surface area contributed by atoms with Crippen LogP contribution in [-0.4, -0.2) is 19.2 Å². The van der Waals surface area contributed by atoms with Gasteiger partial charge in [0.1, 0.15) is 18.1 Å². The number of carbonyl (C=O) groups is 1. The summed E-state index contributed by atoms with van der Waals surface area (Å²) >= 11 is 12.5. The van der Waals surface area contributed by atoms with E-state index in [1.54, 1.807) is 25.5 Å². The van der Waals surface area contributed by atoms with E-state index in [1.807, 2.05) is 42.5 Å². The number of benzene rings is 3. The van der Waals surface area contributed by atoms with Crippen molar-refractivity contribution >= 4 is 91.5 Å². The van der Waals surface area contributed by atoms with Crippen molar-refractivity contribution in [2.75, 3.05) is 7.11 Å². The average molecular weight is 773 g/mol. The molecule has 0 bridgehead atoms. The minimum absolute atomic E-state index is 0.307. The molecule has 160 valence electrons. The van der Waals surface area contributed by atoms with Gasteiger partial charge >= 0.3 is 0 Å². The molecule has 0 saturated heterocycles. The van der Waals surface area contributed by atoms with Crippen molar-refractivity contribution < 1.29 is 14.3 Å². The number of amides is 1. The summed E-state index contributed by atoms with van der Waals surface area (Å²) in [6.07, 6.45) is 1.61. The third-order valence-corrected chi connectivity index (χ3v) is 6.86. The standard InChI is InChI=1S/C22H16ClI3N2O3/c1-30-20-10-15(4-7-17(20)24)22(29)28-27-11-14-8-18(25)21(19(26)9-14)31-12-13-2-5-16(23)6-3-13/h2-11H,12H2,1H3,(H,28,29)/b27-11-. The Balaban J connectivity index is 1.64. The van der Waals surface area contributed by atoms with Crippen molar-refractivity contribution in [1.29, 1.82) is 0 Å².